The molecule has 0 bridgehead atoms. The summed E-state index contributed by atoms with van der Waals surface area (Å²) in [5, 5.41) is 12.2. The second-order valence-electron chi connectivity index (χ2n) is 12.6. The van der Waals surface area contributed by atoms with Gasteiger partial charge in [0.1, 0.15) is 0 Å². The van der Waals surface area contributed by atoms with Gasteiger partial charge in [-0.05, 0) is 21.5 Å². The molecule has 9 aromatic carbocycles. The molecule has 0 amide bonds. The molecule has 0 N–H and O–H groups in total. The van der Waals surface area contributed by atoms with Crippen LogP contribution in [0.15, 0.2) is 176 Å². The third-order valence-corrected chi connectivity index (χ3v) is 12.6. The summed E-state index contributed by atoms with van der Waals surface area (Å²) < 4.78 is 0. The van der Waals surface area contributed by atoms with Crippen molar-refractivity contribution in [1.82, 2.24) is 0 Å². The van der Waals surface area contributed by atoms with E-state index in [1.54, 1.807) is 28.5 Å². The summed E-state index contributed by atoms with van der Waals surface area (Å²) in [5.41, 5.74) is 7.99. The first kappa shape index (κ1) is 38.2. The van der Waals surface area contributed by atoms with Gasteiger partial charge in [-0.1, -0.05) is 122 Å². The first-order valence-corrected chi connectivity index (χ1v) is 22.5. The van der Waals surface area contributed by atoms with Crippen LogP contribution in [0.5, 0.6) is 0 Å². The molecule has 0 atom stereocenters. The Morgan fingerprint density at radius 3 is 1.18 bits per heavy atom. The van der Waals surface area contributed by atoms with Crippen LogP contribution in [0, 0.1) is 13.8 Å². The van der Waals surface area contributed by atoms with Crippen molar-refractivity contribution >= 4 is 53.7 Å². The molecule has 0 heterocycles. The second-order valence-corrected chi connectivity index (χ2v) is 20.0. The SMILES string of the molecule is C[Si](=[Zr+2])c1ccccc1.Cc1[cH-]c2ccccc2c1-c1cccc2ccccc12.Cc1[cH-]c2ccccc2c1-c1cccc2ccccc12.[Cl-].[Cl-]. The zero-order valence-electron chi connectivity index (χ0n) is 29.0. The van der Waals surface area contributed by atoms with E-state index in [0.717, 1.165) is 0 Å². The van der Waals surface area contributed by atoms with Crippen molar-refractivity contribution < 1.29 is 48.1 Å². The maximum atomic E-state index is 2.35. The Morgan fingerprint density at radius 2 is 0.765 bits per heavy atom. The summed E-state index contributed by atoms with van der Waals surface area (Å²) in [7, 11) is 0. The average Bonchev–Trinajstić information content (AvgIpc) is 3.66. The molecule has 0 spiro atoms. The van der Waals surface area contributed by atoms with Gasteiger partial charge in [-0.25, -0.2) is 0 Å². The van der Waals surface area contributed by atoms with Crippen LogP contribution in [0.3, 0.4) is 0 Å². The Balaban J connectivity index is 0.000000156. The van der Waals surface area contributed by atoms with Gasteiger partial charge < -0.3 is 24.8 Å². The van der Waals surface area contributed by atoms with E-state index in [1.165, 1.54) is 76.5 Å². The number of hydrogen-bond acceptors (Lipinski definition) is 0. The average molecular weight is 793 g/mol. The van der Waals surface area contributed by atoms with Crippen LogP contribution < -0.4 is 30.0 Å². The van der Waals surface area contributed by atoms with Gasteiger partial charge >= 0.3 is 70.8 Å². The van der Waals surface area contributed by atoms with Crippen molar-refractivity contribution in [3.8, 4) is 22.3 Å². The Bertz CT molecular complexity index is 2390. The first-order chi connectivity index (χ1) is 24.0. The van der Waals surface area contributed by atoms with Crippen molar-refractivity contribution in [3.05, 3.63) is 187 Å². The minimum atomic E-state index is -0.122. The second kappa shape index (κ2) is 17.5. The fraction of sp³-hybridized carbons (Fsp3) is 0.0638. The number of rotatable bonds is 3. The maximum absolute atomic E-state index is 2.35. The summed E-state index contributed by atoms with van der Waals surface area (Å²) >= 11 is 1.69. The zero-order valence-corrected chi connectivity index (χ0v) is 34.0. The number of aryl methyl sites for hydroxylation is 2. The van der Waals surface area contributed by atoms with E-state index in [1.807, 2.05) is 0 Å². The van der Waals surface area contributed by atoms with Gasteiger partial charge in [0.15, 0.2) is 0 Å². The van der Waals surface area contributed by atoms with Crippen molar-refractivity contribution in [1.29, 1.82) is 0 Å². The monoisotopic (exact) mass is 790 g/mol. The molecule has 51 heavy (non-hydrogen) atoms. The summed E-state index contributed by atoms with van der Waals surface area (Å²) in [6.45, 7) is 6.76. The molecule has 0 nitrogen and oxygen atoms in total. The normalized spacial score (nSPS) is 10.5. The summed E-state index contributed by atoms with van der Waals surface area (Å²) in [6.07, 6.45) is 0. The van der Waals surface area contributed by atoms with E-state index >= 15 is 0 Å². The predicted octanol–water partition coefficient (Wildman–Crippen LogP) is 6.44. The van der Waals surface area contributed by atoms with E-state index in [9.17, 15) is 0 Å². The number of hydrogen-bond donors (Lipinski definition) is 0. The Kier molecular flexibility index (Phi) is 13.1. The number of fused-ring (bicyclic) bond motifs is 4. The molecule has 4 heteroatoms. The minimum absolute atomic E-state index is 0. The van der Waals surface area contributed by atoms with E-state index in [-0.39, 0.29) is 30.2 Å². The quantitative estimate of drug-likeness (QED) is 0.143. The van der Waals surface area contributed by atoms with Crippen LogP contribution in [0.25, 0.3) is 65.3 Å². The molecule has 250 valence electrons. The van der Waals surface area contributed by atoms with E-state index in [4.69, 9.17) is 0 Å². The Hall–Kier alpha value is -4.04. The van der Waals surface area contributed by atoms with Crippen molar-refractivity contribution in [2.24, 2.45) is 0 Å². The Labute approximate surface area is 329 Å². The summed E-state index contributed by atoms with van der Waals surface area (Å²) in [5.74, 6) is 0. The third-order valence-electron chi connectivity index (χ3n) is 9.32. The van der Waals surface area contributed by atoms with Crippen molar-refractivity contribution in [2.45, 2.75) is 20.4 Å². The minimum Gasteiger partial charge on any atom is -1.00 e. The van der Waals surface area contributed by atoms with Gasteiger partial charge in [-0.15, -0.1) is 92.3 Å². The Morgan fingerprint density at radius 1 is 0.412 bits per heavy atom. The van der Waals surface area contributed by atoms with Crippen LogP contribution >= 0.6 is 0 Å². The molecular formula is C47H38Cl2SiZr-2. The standard InChI is InChI=1S/2C20H15.C7H8Si.2ClH.Zr/c2*1-14-13-16-8-3-5-11-18(16)20(14)19-12-6-9-15-7-2-4-10-17(15)19;1-8-7-5-3-2-4-6-7;;;/h2*2-13H,1H3;2-6H,1H3;2*1H;/q2*-1;;;;+2/p-2. The van der Waals surface area contributed by atoms with Gasteiger partial charge in [0.25, 0.3) is 0 Å². The van der Waals surface area contributed by atoms with Crippen LogP contribution in [-0.4, -0.2) is 5.43 Å². The number of halogens is 2. The molecule has 0 aliphatic heterocycles. The van der Waals surface area contributed by atoms with E-state index in [0.29, 0.717) is 0 Å². The van der Waals surface area contributed by atoms with Gasteiger partial charge in [-0.3, -0.25) is 0 Å². The van der Waals surface area contributed by atoms with Crippen LogP contribution in [0.2, 0.25) is 6.55 Å². The molecule has 0 fully saturated rings. The van der Waals surface area contributed by atoms with E-state index < -0.39 is 0 Å². The van der Waals surface area contributed by atoms with Crippen LogP contribution in [0.1, 0.15) is 11.1 Å². The molecule has 9 aromatic rings. The summed E-state index contributed by atoms with van der Waals surface area (Å²) in [4.78, 5) is 0. The van der Waals surface area contributed by atoms with Gasteiger partial charge in [0, 0.05) is 0 Å². The smallest absolute Gasteiger partial charge is 0.0186 e. The largest absolute Gasteiger partial charge is 1.00 e. The maximum Gasteiger partial charge on any atom is -0.0186 e. The topological polar surface area (TPSA) is 0 Å². The van der Waals surface area contributed by atoms with Gasteiger partial charge in [0.05, 0.1) is 0 Å². The molecule has 0 unspecified atom stereocenters. The van der Waals surface area contributed by atoms with Gasteiger partial charge in [-0.2, -0.15) is 0 Å². The molecule has 0 aliphatic rings. The molecule has 0 saturated heterocycles. The van der Waals surface area contributed by atoms with Gasteiger partial charge in [0.2, 0.25) is 0 Å². The molecule has 9 rings (SSSR count). The predicted molar refractivity (Wildman–Crippen MR) is 212 cm³/mol. The molecule has 0 aliphatic carbocycles. The van der Waals surface area contributed by atoms with Crippen molar-refractivity contribution in [3.63, 3.8) is 0 Å². The first-order valence-electron chi connectivity index (χ1n) is 16.9. The van der Waals surface area contributed by atoms with Crippen molar-refractivity contribution in [2.75, 3.05) is 0 Å². The number of benzene rings is 7. The van der Waals surface area contributed by atoms with E-state index in [2.05, 4.69) is 196 Å². The molecule has 0 radical (unpaired) electrons. The molecule has 0 aromatic heterocycles. The molecular weight excluding hydrogens is 755 g/mol. The summed E-state index contributed by atoms with van der Waals surface area (Å²) in [6, 6.07) is 63.0. The zero-order chi connectivity index (χ0) is 33.7. The molecule has 0 saturated carbocycles. The fourth-order valence-electron chi connectivity index (χ4n) is 7.03. The van der Waals surface area contributed by atoms with Crippen LogP contribution in [0.4, 0.5) is 0 Å². The van der Waals surface area contributed by atoms with Crippen LogP contribution in [-0.2, 0) is 23.3 Å². The fourth-order valence-corrected chi connectivity index (χ4v) is 8.95. The third kappa shape index (κ3) is 8.22.